The van der Waals surface area contributed by atoms with Crippen LogP contribution in [0.5, 0.6) is 0 Å². The van der Waals surface area contributed by atoms with Crippen molar-refractivity contribution in [2.24, 2.45) is 5.73 Å². The summed E-state index contributed by atoms with van der Waals surface area (Å²) in [7, 11) is 1.77. The fourth-order valence-corrected chi connectivity index (χ4v) is 2.91. The summed E-state index contributed by atoms with van der Waals surface area (Å²) >= 11 is 12.1. The number of urea groups is 1. The first-order valence-corrected chi connectivity index (χ1v) is 7.93. The second-order valence-corrected chi connectivity index (χ2v) is 6.16. The molecule has 2 aromatic rings. The van der Waals surface area contributed by atoms with Gasteiger partial charge in [0.05, 0.1) is 0 Å². The number of hydrogen-bond donors (Lipinski definition) is 2. The summed E-state index contributed by atoms with van der Waals surface area (Å²) in [5.41, 5.74) is 6.63. The third-order valence-corrected chi connectivity index (χ3v) is 4.07. The van der Waals surface area contributed by atoms with E-state index in [0.717, 1.165) is 11.1 Å². The predicted octanol–water partition coefficient (Wildman–Crippen LogP) is 3.36. The van der Waals surface area contributed by atoms with Gasteiger partial charge in [-0.25, -0.2) is 4.79 Å². The van der Waals surface area contributed by atoms with Crippen LogP contribution in [0.25, 0.3) is 0 Å². The normalized spacial score (nSPS) is 12.0. The third kappa shape index (κ3) is 4.71. The Morgan fingerprint density at radius 1 is 1.17 bits per heavy atom. The number of nitrogens with one attached hydrogen (secondary N) is 1. The van der Waals surface area contributed by atoms with E-state index in [1.807, 2.05) is 30.3 Å². The molecular weight excluding hydrogens is 349 g/mol. The molecule has 0 bridgehead atoms. The molecule has 0 saturated carbocycles. The third-order valence-electron chi connectivity index (χ3n) is 3.49. The summed E-state index contributed by atoms with van der Waals surface area (Å²) < 4.78 is 0. The Balaban J connectivity index is 2.28. The zero-order valence-corrected chi connectivity index (χ0v) is 14.5. The molecular formula is C17H17Cl2N3O2. The molecule has 1 atom stereocenters. The van der Waals surface area contributed by atoms with E-state index in [1.54, 1.807) is 30.1 Å². The number of halogens is 2. The number of rotatable bonds is 5. The predicted molar refractivity (Wildman–Crippen MR) is 94.8 cm³/mol. The fraction of sp³-hybridized carbons (Fsp3) is 0.176. The standard InChI is InChI=1S/C17H17Cl2N3O2/c1-22(10-12-7-8-13(18)9-14(12)19)15(16(23)21-17(20)24)11-5-3-2-4-6-11/h2-9,15H,10H2,1H3,(H3,20,21,23,24)/t15-/m0/s1. The van der Waals surface area contributed by atoms with Gasteiger partial charge in [-0.1, -0.05) is 59.6 Å². The number of likely N-dealkylation sites (N-methyl/N-ethyl adjacent to an activating group) is 1. The van der Waals surface area contributed by atoms with Crippen molar-refractivity contribution in [2.75, 3.05) is 7.05 Å². The number of amides is 3. The number of nitrogens with zero attached hydrogens (tertiary/aromatic N) is 1. The molecule has 3 N–H and O–H groups in total. The first kappa shape index (κ1) is 18.3. The van der Waals surface area contributed by atoms with Crippen LogP contribution < -0.4 is 11.1 Å². The van der Waals surface area contributed by atoms with Gasteiger partial charge >= 0.3 is 6.03 Å². The Labute approximate surface area is 150 Å². The second kappa shape index (κ2) is 8.15. The van der Waals surface area contributed by atoms with Crippen molar-refractivity contribution in [3.05, 3.63) is 69.7 Å². The highest BCUT2D eigenvalue weighted by Crippen LogP contribution is 2.26. The Hall–Kier alpha value is -2.08. The molecule has 126 valence electrons. The van der Waals surface area contributed by atoms with Crippen LogP contribution >= 0.6 is 23.2 Å². The lowest BCUT2D eigenvalue weighted by molar-refractivity contribution is -0.125. The van der Waals surface area contributed by atoms with Crippen LogP contribution in [0.15, 0.2) is 48.5 Å². The number of hydrogen-bond acceptors (Lipinski definition) is 3. The van der Waals surface area contributed by atoms with E-state index >= 15 is 0 Å². The van der Waals surface area contributed by atoms with Crippen molar-refractivity contribution < 1.29 is 9.59 Å². The topological polar surface area (TPSA) is 75.4 Å². The van der Waals surface area contributed by atoms with E-state index in [0.29, 0.717) is 16.6 Å². The molecule has 3 amide bonds. The van der Waals surface area contributed by atoms with Crippen LogP contribution in [0.4, 0.5) is 4.79 Å². The van der Waals surface area contributed by atoms with Crippen LogP contribution in [-0.2, 0) is 11.3 Å². The van der Waals surface area contributed by atoms with Crippen molar-refractivity contribution in [1.82, 2.24) is 10.2 Å². The first-order valence-electron chi connectivity index (χ1n) is 7.18. The summed E-state index contributed by atoms with van der Waals surface area (Å²) in [4.78, 5) is 25.3. The number of imide groups is 1. The SMILES string of the molecule is CN(Cc1ccc(Cl)cc1Cl)[C@H](C(=O)NC(N)=O)c1ccccc1. The van der Waals surface area contributed by atoms with Gasteiger partial charge in [0.25, 0.3) is 0 Å². The van der Waals surface area contributed by atoms with Crippen LogP contribution in [0, 0.1) is 0 Å². The highest BCUT2D eigenvalue weighted by molar-refractivity contribution is 6.35. The molecule has 0 fully saturated rings. The molecule has 0 aliphatic carbocycles. The number of benzene rings is 2. The molecule has 0 unspecified atom stereocenters. The van der Waals surface area contributed by atoms with Gasteiger partial charge in [-0.3, -0.25) is 15.0 Å². The lowest BCUT2D eigenvalue weighted by Crippen LogP contribution is -2.43. The minimum atomic E-state index is -0.890. The molecule has 2 rings (SSSR count). The average molecular weight is 366 g/mol. The van der Waals surface area contributed by atoms with Crippen molar-refractivity contribution >= 4 is 35.1 Å². The summed E-state index contributed by atoms with van der Waals surface area (Å²) in [5, 5.41) is 3.19. The molecule has 0 saturated heterocycles. The largest absolute Gasteiger partial charge is 0.351 e. The molecule has 2 aromatic carbocycles. The molecule has 5 nitrogen and oxygen atoms in total. The van der Waals surface area contributed by atoms with Gasteiger partial charge in [0.1, 0.15) is 6.04 Å². The van der Waals surface area contributed by atoms with Crippen LogP contribution in [0.3, 0.4) is 0 Å². The molecule has 0 radical (unpaired) electrons. The van der Waals surface area contributed by atoms with E-state index in [-0.39, 0.29) is 0 Å². The molecule has 0 aromatic heterocycles. The Morgan fingerprint density at radius 3 is 2.42 bits per heavy atom. The molecule has 24 heavy (non-hydrogen) atoms. The maximum absolute atomic E-state index is 12.4. The van der Waals surface area contributed by atoms with Crippen molar-refractivity contribution in [2.45, 2.75) is 12.6 Å². The zero-order chi connectivity index (χ0) is 17.7. The van der Waals surface area contributed by atoms with Crippen molar-refractivity contribution in [1.29, 1.82) is 0 Å². The fourth-order valence-electron chi connectivity index (χ4n) is 2.44. The molecule has 0 aliphatic heterocycles. The number of carbonyl (C=O) groups excluding carboxylic acids is 2. The van der Waals surface area contributed by atoms with Gasteiger partial charge in [0.2, 0.25) is 5.91 Å². The molecule has 0 aliphatic rings. The van der Waals surface area contributed by atoms with Crippen molar-refractivity contribution in [3.8, 4) is 0 Å². The van der Waals surface area contributed by atoms with Crippen LogP contribution in [0.2, 0.25) is 10.0 Å². The minimum Gasteiger partial charge on any atom is -0.351 e. The van der Waals surface area contributed by atoms with Crippen LogP contribution in [-0.4, -0.2) is 23.9 Å². The minimum absolute atomic E-state index is 0.391. The van der Waals surface area contributed by atoms with Gasteiger partial charge in [0, 0.05) is 16.6 Å². The van der Waals surface area contributed by atoms with E-state index < -0.39 is 18.0 Å². The van der Waals surface area contributed by atoms with Gasteiger partial charge in [0.15, 0.2) is 0 Å². The quantitative estimate of drug-likeness (QED) is 0.852. The van der Waals surface area contributed by atoms with E-state index in [2.05, 4.69) is 5.32 Å². The summed E-state index contributed by atoms with van der Waals surface area (Å²) in [5.74, 6) is -0.499. The summed E-state index contributed by atoms with van der Waals surface area (Å²) in [6.45, 7) is 0.391. The molecule has 0 spiro atoms. The maximum atomic E-state index is 12.4. The number of nitrogens with two attached hydrogens (primary N) is 1. The van der Waals surface area contributed by atoms with E-state index in [4.69, 9.17) is 28.9 Å². The van der Waals surface area contributed by atoms with Gasteiger partial charge in [-0.15, -0.1) is 0 Å². The van der Waals surface area contributed by atoms with E-state index in [1.165, 1.54) is 0 Å². The Bertz CT molecular complexity index is 738. The van der Waals surface area contributed by atoms with Gasteiger partial charge < -0.3 is 5.73 Å². The molecule has 7 heteroatoms. The monoisotopic (exact) mass is 365 g/mol. The highest BCUT2D eigenvalue weighted by atomic mass is 35.5. The first-order chi connectivity index (χ1) is 11.4. The average Bonchev–Trinajstić information content (AvgIpc) is 2.50. The summed E-state index contributed by atoms with van der Waals surface area (Å²) in [6, 6.07) is 12.7. The maximum Gasteiger partial charge on any atom is 0.318 e. The Kier molecular flexibility index (Phi) is 6.20. The summed E-state index contributed by atoms with van der Waals surface area (Å²) in [6.07, 6.45) is 0. The number of carbonyl (C=O) groups is 2. The lowest BCUT2D eigenvalue weighted by atomic mass is 10.0. The second-order valence-electron chi connectivity index (χ2n) is 5.32. The lowest BCUT2D eigenvalue weighted by Gasteiger charge is -2.27. The van der Waals surface area contributed by atoms with Crippen molar-refractivity contribution in [3.63, 3.8) is 0 Å². The molecule has 0 heterocycles. The van der Waals surface area contributed by atoms with E-state index in [9.17, 15) is 9.59 Å². The number of primary amides is 1. The Morgan fingerprint density at radius 2 is 1.83 bits per heavy atom. The van der Waals surface area contributed by atoms with Gasteiger partial charge in [-0.05, 0) is 30.3 Å². The zero-order valence-electron chi connectivity index (χ0n) is 13.0. The smallest absolute Gasteiger partial charge is 0.318 e. The van der Waals surface area contributed by atoms with Gasteiger partial charge in [-0.2, -0.15) is 0 Å². The highest BCUT2D eigenvalue weighted by Gasteiger charge is 2.26. The van der Waals surface area contributed by atoms with Crippen LogP contribution in [0.1, 0.15) is 17.2 Å².